The molecule has 0 aliphatic heterocycles. The van der Waals surface area contributed by atoms with Crippen molar-refractivity contribution in [2.45, 2.75) is 0 Å². The summed E-state index contributed by atoms with van der Waals surface area (Å²) < 4.78 is 6.28. The number of ether oxygens (including phenoxy) is 1. The molecule has 16 heavy (non-hydrogen) atoms. The molecule has 0 aliphatic rings. The first-order chi connectivity index (χ1) is 7.81. The topological polar surface area (TPSA) is 58.8 Å². The van der Waals surface area contributed by atoms with Gasteiger partial charge in [-0.3, -0.25) is 0 Å². The van der Waals surface area contributed by atoms with Crippen molar-refractivity contribution in [3.05, 3.63) is 46.6 Å². The number of aromatic nitrogens is 2. The Morgan fingerprint density at radius 3 is 2.81 bits per heavy atom. The standard InChI is InChI=1S/C11H6BrN3O/c12-9-3-1-2-4-10(9)16-11-8(7-13)5-6-14-15-11/h1-6H. The molecule has 1 aromatic carbocycles. The van der Waals surface area contributed by atoms with E-state index in [9.17, 15) is 0 Å². The summed E-state index contributed by atoms with van der Waals surface area (Å²) in [7, 11) is 0. The highest BCUT2D eigenvalue weighted by atomic mass is 79.9. The van der Waals surface area contributed by atoms with Crippen LogP contribution in [0.4, 0.5) is 0 Å². The minimum atomic E-state index is 0.205. The van der Waals surface area contributed by atoms with Gasteiger partial charge in [0.2, 0.25) is 0 Å². The first-order valence-corrected chi connectivity index (χ1v) is 5.25. The molecule has 0 fully saturated rings. The highest BCUT2D eigenvalue weighted by Crippen LogP contribution is 2.29. The average molecular weight is 276 g/mol. The Hall–Kier alpha value is -1.93. The van der Waals surface area contributed by atoms with Crippen molar-refractivity contribution in [1.82, 2.24) is 10.2 Å². The van der Waals surface area contributed by atoms with Crippen LogP contribution in [0.1, 0.15) is 5.56 Å². The summed E-state index contributed by atoms with van der Waals surface area (Å²) in [5.41, 5.74) is 0.353. The van der Waals surface area contributed by atoms with Gasteiger partial charge in [-0.25, -0.2) is 0 Å². The lowest BCUT2D eigenvalue weighted by Gasteiger charge is -2.06. The van der Waals surface area contributed by atoms with Crippen molar-refractivity contribution in [2.24, 2.45) is 0 Å². The Morgan fingerprint density at radius 1 is 1.25 bits per heavy atom. The normalized spacial score (nSPS) is 9.50. The molecule has 0 spiro atoms. The van der Waals surface area contributed by atoms with Gasteiger partial charge in [0, 0.05) is 0 Å². The molecule has 0 aliphatic carbocycles. The van der Waals surface area contributed by atoms with Crippen LogP contribution in [0, 0.1) is 11.3 Å². The molecular weight excluding hydrogens is 270 g/mol. The first-order valence-electron chi connectivity index (χ1n) is 4.45. The van der Waals surface area contributed by atoms with Crippen molar-refractivity contribution in [2.75, 3.05) is 0 Å². The quantitative estimate of drug-likeness (QED) is 0.846. The predicted molar refractivity (Wildman–Crippen MR) is 61.0 cm³/mol. The first kappa shape index (κ1) is 10.6. The van der Waals surface area contributed by atoms with Gasteiger partial charge in [0.15, 0.2) is 0 Å². The van der Waals surface area contributed by atoms with Gasteiger partial charge >= 0.3 is 0 Å². The van der Waals surface area contributed by atoms with Crippen LogP contribution in [-0.2, 0) is 0 Å². The fourth-order valence-electron chi connectivity index (χ4n) is 1.11. The van der Waals surface area contributed by atoms with E-state index in [-0.39, 0.29) is 5.88 Å². The van der Waals surface area contributed by atoms with Gasteiger partial charge in [-0.2, -0.15) is 10.4 Å². The Balaban J connectivity index is 2.35. The van der Waals surface area contributed by atoms with Gasteiger partial charge < -0.3 is 4.74 Å². The second kappa shape index (κ2) is 4.73. The molecule has 5 heteroatoms. The maximum atomic E-state index is 8.86. The fourth-order valence-corrected chi connectivity index (χ4v) is 1.48. The molecule has 0 unspecified atom stereocenters. The second-order valence-electron chi connectivity index (χ2n) is 2.89. The number of hydrogen-bond acceptors (Lipinski definition) is 4. The molecule has 0 bridgehead atoms. The van der Waals surface area contributed by atoms with Gasteiger partial charge in [0.25, 0.3) is 5.88 Å². The zero-order chi connectivity index (χ0) is 11.4. The lowest BCUT2D eigenvalue weighted by Crippen LogP contribution is -1.93. The minimum absolute atomic E-state index is 0.205. The van der Waals surface area contributed by atoms with Crippen molar-refractivity contribution >= 4 is 15.9 Å². The second-order valence-corrected chi connectivity index (χ2v) is 3.75. The number of nitriles is 1. The van der Waals surface area contributed by atoms with Gasteiger partial charge in [0.05, 0.1) is 10.7 Å². The average Bonchev–Trinajstić information content (AvgIpc) is 2.33. The van der Waals surface area contributed by atoms with Gasteiger partial charge in [-0.1, -0.05) is 12.1 Å². The number of hydrogen-bond donors (Lipinski definition) is 0. The third-order valence-corrected chi connectivity index (χ3v) is 2.51. The van der Waals surface area contributed by atoms with E-state index in [0.29, 0.717) is 11.3 Å². The minimum Gasteiger partial charge on any atom is -0.435 e. The summed E-state index contributed by atoms with van der Waals surface area (Å²) in [6.45, 7) is 0. The molecule has 2 rings (SSSR count). The van der Waals surface area contributed by atoms with Crippen molar-refractivity contribution < 1.29 is 4.74 Å². The van der Waals surface area contributed by atoms with Crippen LogP contribution in [0.5, 0.6) is 11.6 Å². The Kier molecular flexibility index (Phi) is 3.13. The molecule has 4 nitrogen and oxygen atoms in total. The van der Waals surface area contributed by atoms with E-state index in [0.717, 1.165) is 4.47 Å². The molecule has 0 saturated carbocycles. The van der Waals surface area contributed by atoms with Crippen molar-refractivity contribution in [3.8, 4) is 17.7 Å². The summed E-state index contributed by atoms with van der Waals surface area (Å²) in [4.78, 5) is 0. The zero-order valence-corrected chi connectivity index (χ0v) is 9.68. The lowest BCUT2D eigenvalue weighted by atomic mass is 10.3. The molecular formula is C11H6BrN3O. The molecule has 0 amide bonds. The smallest absolute Gasteiger partial charge is 0.256 e. The van der Waals surface area contributed by atoms with E-state index in [1.807, 2.05) is 24.3 Å². The van der Waals surface area contributed by atoms with Crippen molar-refractivity contribution in [3.63, 3.8) is 0 Å². The number of para-hydroxylation sites is 1. The maximum Gasteiger partial charge on any atom is 0.256 e. The summed E-state index contributed by atoms with van der Waals surface area (Å²) >= 11 is 3.34. The number of benzene rings is 1. The largest absolute Gasteiger partial charge is 0.435 e. The third-order valence-electron chi connectivity index (χ3n) is 1.85. The molecule has 78 valence electrons. The molecule has 2 aromatic rings. The van der Waals surface area contributed by atoms with Crippen LogP contribution in [0.2, 0.25) is 0 Å². The zero-order valence-electron chi connectivity index (χ0n) is 8.09. The molecule has 0 radical (unpaired) electrons. The van der Waals surface area contributed by atoms with E-state index < -0.39 is 0 Å². The summed E-state index contributed by atoms with van der Waals surface area (Å²) in [5.74, 6) is 0.802. The van der Waals surface area contributed by atoms with Crippen molar-refractivity contribution in [1.29, 1.82) is 5.26 Å². The van der Waals surface area contributed by atoms with Crippen LogP contribution in [0.25, 0.3) is 0 Å². The number of nitrogens with zero attached hydrogens (tertiary/aromatic N) is 3. The van der Waals surface area contributed by atoms with Gasteiger partial charge in [-0.15, -0.1) is 5.10 Å². The fraction of sp³-hybridized carbons (Fsp3) is 0. The van der Waals surface area contributed by atoms with E-state index >= 15 is 0 Å². The van der Waals surface area contributed by atoms with E-state index in [1.165, 1.54) is 6.20 Å². The number of rotatable bonds is 2. The van der Waals surface area contributed by atoms with Gasteiger partial charge in [-0.05, 0) is 34.1 Å². The summed E-state index contributed by atoms with van der Waals surface area (Å²) in [6, 6.07) is 10.9. The third kappa shape index (κ3) is 2.18. The van der Waals surface area contributed by atoms with Crippen LogP contribution in [0.15, 0.2) is 41.0 Å². The van der Waals surface area contributed by atoms with E-state index in [2.05, 4.69) is 26.1 Å². The molecule has 1 heterocycles. The molecule has 0 saturated heterocycles. The van der Waals surface area contributed by atoms with Crippen LogP contribution >= 0.6 is 15.9 Å². The van der Waals surface area contributed by atoms with E-state index in [4.69, 9.17) is 10.00 Å². The van der Waals surface area contributed by atoms with Crippen LogP contribution in [-0.4, -0.2) is 10.2 Å². The lowest BCUT2D eigenvalue weighted by molar-refractivity contribution is 0.451. The van der Waals surface area contributed by atoms with Crippen LogP contribution < -0.4 is 4.74 Å². The Bertz CT molecular complexity index is 551. The highest BCUT2D eigenvalue weighted by Gasteiger charge is 2.07. The van der Waals surface area contributed by atoms with Gasteiger partial charge in [0.1, 0.15) is 17.4 Å². The monoisotopic (exact) mass is 275 g/mol. The van der Waals surface area contributed by atoms with E-state index in [1.54, 1.807) is 12.1 Å². The summed E-state index contributed by atoms with van der Waals surface area (Å²) in [6.07, 6.45) is 1.45. The Labute approximate surface area is 101 Å². The Morgan fingerprint density at radius 2 is 2.06 bits per heavy atom. The van der Waals surface area contributed by atoms with Crippen LogP contribution in [0.3, 0.4) is 0 Å². The maximum absolute atomic E-state index is 8.86. The number of halogens is 1. The molecule has 1 aromatic heterocycles. The predicted octanol–water partition coefficient (Wildman–Crippen LogP) is 2.90. The summed E-state index contributed by atoms with van der Waals surface area (Å²) in [5, 5.41) is 16.3. The molecule has 0 N–H and O–H groups in total. The highest BCUT2D eigenvalue weighted by molar-refractivity contribution is 9.10. The molecule has 0 atom stereocenters. The SMILES string of the molecule is N#Cc1ccnnc1Oc1ccccc1Br.